The molecule has 2 aliphatic carbocycles. The van der Waals surface area contributed by atoms with Gasteiger partial charge in [0.15, 0.2) is 0 Å². The minimum atomic E-state index is -3.99. The summed E-state index contributed by atoms with van der Waals surface area (Å²) in [6, 6.07) is 0.757. The fraction of sp³-hybridized carbons (Fsp3) is 1.00. The first-order valence-electron chi connectivity index (χ1n) is 8.29. The molecule has 0 spiro atoms. The van der Waals surface area contributed by atoms with Gasteiger partial charge in [-0.1, -0.05) is 25.7 Å². The van der Waals surface area contributed by atoms with Crippen molar-refractivity contribution in [1.29, 1.82) is 0 Å². The number of nitrogens with one attached hydrogen (secondary N) is 1. The number of alkyl halides is 3. The van der Waals surface area contributed by atoms with E-state index >= 15 is 0 Å². The zero-order valence-corrected chi connectivity index (χ0v) is 12.5. The highest BCUT2D eigenvalue weighted by atomic mass is 19.4. The summed E-state index contributed by atoms with van der Waals surface area (Å²) >= 11 is 0. The molecule has 2 saturated carbocycles. The lowest BCUT2D eigenvalue weighted by Crippen LogP contribution is -2.44. The van der Waals surface area contributed by atoms with Crippen molar-refractivity contribution in [1.82, 2.24) is 5.32 Å². The van der Waals surface area contributed by atoms with Gasteiger partial charge in [0.25, 0.3) is 0 Å². The quantitative estimate of drug-likeness (QED) is 0.717. The van der Waals surface area contributed by atoms with E-state index < -0.39 is 12.1 Å². The van der Waals surface area contributed by atoms with Crippen molar-refractivity contribution in [2.75, 3.05) is 0 Å². The molecule has 0 heterocycles. The van der Waals surface area contributed by atoms with Gasteiger partial charge < -0.3 is 5.32 Å². The van der Waals surface area contributed by atoms with E-state index in [9.17, 15) is 13.2 Å². The first-order valence-corrected chi connectivity index (χ1v) is 8.29. The van der Waals surface area contributed by atoms with Crippen LogP contribution in [-0.4, -0.2) is 18.3 Å². The summed E-state index contributed by atoms with van der Waals surface area (Å²) in [7, 11) is 0. The Morgan fingerprint density at radius 2 is 1.40 bits per heavy atom. The highest BCUT2D eigenvalue weighted by Gasteiger charge is 2.41. The van der Waals surface area contributed by atoms with Gasteiger partial charge in [-0.3, -0.25) is 0 Å². The van der Waals surface area contributed by atoms with Crippen LogP contribution in [0.4, 0.5) is 13.2 Å². The molecule has 0 unspecified atom stereocenters. The molecule has 0 bridgehead atoms. The van der Waals surface area contributed by atoms with Crippen LogP contribution >= 0.6 is 0 Å². The third-order valence-corrected chi connectivity index (χ3v) is 5.30. The van der Waals surface area contributed by atoms with Gasteiger partial charge in [-0.2, -0.15) is 13.2 Å². The zero-order chi connectivity index (χ0) is 14.6. The SMILES string of the molecule is C[C@H](NC1CCC(C(F)(F)F)CC1)C1CCCCCC1. The molecule has 0 radical (unpaired) electrons. The topological polar surface area (TPSA) is 12.0 Å². The lowest BCUT2D eigenvalue weighted by Gasteiger charge is -2.34. The van der Waals surface area contributed by atoms with Crippen LogP contribution in [0.1, 0.15) is 71.1 Å². The Morgan fingerprint density at radius 3 is 1.90 bits per heavy atom. The molecule has 0 aromatic rings. The average molecular weight is 291 g/mol. The van der Waals surface area contributed by atoms with E-state index in [4.69, 9.17) is 0 Å². The van der Waals surface area contributed by atoms with E-state index in [2.05, 4.69) is 12.2 Å². The Kier molecular flexibility index (Phi) is 5.76. The van der Waals surface area contributed by atoms with E-state index in [-0.39, 0.29) is 0 Å². The molecule has 118 valence electrons. The van der Waals surface area contributed by atoms with Crippen molar-refractivity contribution in [3.8, 4) is 0 Å². The maximum absolute atomic E-state index is 12.6. The largest absolute Gasteiger partial charge is 0.391 e. The molecule has 2 rings (SSSR count). The van der Waals surface area contributed by atoms with Gasteiger partial charge in [-0.25, -0.2) is 0 Å². The van der Waals surface area contributed by atoms with Crippen molar-refractivity contribution >= 4 is 0 Å². The van der Waals surface area contributed by atoms with Crippen LogP contribution < -0.4 is 5.32 Å². The second-order valence-corrected chi connectivity index (χ2v) is 6.80. The molecule has 4 heteroatoms. The minimum Gasteiger partial charge on any atom is -0.311 e. The van der Waals surface area contributed by atoms with Crippen molar-refractivity contribution in [2.24, 2.45) is 11.8 Å². The second-order valence-electron chi connectivity index (χ2n) is 6.80. The van der Waals surface area contributed by atoms with Crippen molar-refractivity contribution in [3.05, 3.63) is 0 Å². The van der Waals surface area contributed by atoms with Crippen LogP contribution in [0.3, 0.4) is 0 Å². The number of halogens is 3. The molecule has 1 N–H and O–H groups in total. The first kappa shape index (κ1) is 16.1. The fourth-order valence-corrected chi connectivity index (χ4v) is 3.91. The van der Waals surface area contributed by atoms with Crippen molar-refractivity contribution in [2.45, 2.75) is 89.4 Å². The van der Waals surface area contributed by atoms with Crippen LogP contribution in [0.15, 0.2) is 0 Å². The van der Waals surface area contributed by atoms with Crippen LogP contribution in [0.2, 0.25) is 0 Å². The zero-order valence-electron chi connectivity index (χ0n) is 12.5. The Hall–Kier alpha value is -0.250. The molecule has 0 aliphatic heterocycles. The summed E-state index contributed by atoms with van der Waals surface area (Å²) in [4.78, 5) is 0. The smallest absolute Gasteiger partial charge is 0.311 e. The third-order valence-electron chi connectivity index (χ3n) is 5.30. The average Bonchev–Trinajstić information content (AvgIpc) is 2.67. The molecule has 1 nitrogen and oxygen atoms in total. The van der Waals surface area contributed by atoms with Gasteiger partial charge in [0.2, 0.25) is 0 Å². The lowest BCUT2D eigenvalue weighted by atomic mass is 9.84. The molecule has 2 aliphatic rings. The summed E-state index contributed by atoms with van der Waals surface area (Å²) in [5.41, 5.74) is 0. The molecular formula is C16H28F3N. The van der Waals surface area contributed by atoms with Gasteiger partial charge in [-0.15, -0.1) is 0 Å². The maximum atomic E-state index is 12.6. The van der Waals surface area contributed by atoms with E-state index in [1.165, 1.54) is 38.5 Å². The second kappa shape index (κ2) is 7.15. The molecule has 0 aromatic carbocycles. The highest BCUT2D eigenvalue weighted by molar-refractivity contribution is 4.84. The van der Waals surface area contributed by atoms with Gasteiger partial charge >= 0.3 is 6.18 Å². The Bertz CT molecular complexity index is 274. The third kappa shape index (κ3) is 4.64. The van der Waals surface area contributed by atoms with Gasteiger partial charge in [0, 0.05) is 12.1 Å². The summed E-state index contributed by atoms with van der Waals surface area (Å²) in [6.45, 7) is 2.23. The standard InChI is InChI=1S/C16H28F3N/c1-12(13-6-4-2-3-5-7-13)20-15-10-8-14(9-11-15)16(17,18)19/h12-15,20H,2-11H2,1H3/t12-,14?,15?/m0/s1. The number of hydrogen-bond donors (Lipinski definition) is 1. The van der Waals surface area contributed by atoms with E-state index in [1.54, 1.807) is 0 Å². The van der Waals surface area contributed by atoms with Gasteiger partial charge in [-0.05, 0) is 51.4 Å². The Morgan fingerprint density at radius 1 is 0.850 bits per heavy atom. The Labute approximate surface area is 120 Å². The van der Waals surface area contributed by atoms with Gasteiger partial charge in [0.1, 0.15) is 0 Å². The van der Waals surface area contributed by atoms with E-state index in [0.717, 1.165) is 5.92 Å². The number of rotatable bonds is 3. The van der Waals surface area contributed by atoms with Crippen molar-refractivity contribution in [3.63, 3.8) is 0 Å². The summed E-state index contributed by atoms with van der Waals surface area (Å²) in [5, 5.41) is 3.62. The lowest BCUT2D eigenvalue weighted by molar-refractivity contribution is -0.182. The molecule has 0 amide bonds. The van der Waals surface area contributed by atoms with Crippen LogP contribution in [0, 0.1) is 11.8 Å². The molecule has 0 aromatic heterocycles. The minimum absolute atomic E-state index is 0.298. The molecular weight excluding hydrogens is 263 g/mol. The van der Waals surface area contributed by atoms with Crippen LogP contribution in [0.5, 0.6) is 0 Å². The predicted molar refractivity (Wildman–Crippen MR) is 75.6 cm³/mol. The van der Waals surface area contributed by atoms with E-state index in [1.807, 2.05) is 0 Å². The van der Waals surface area contributed by atoms with Crippen LogP contribution in [0.25, 0.3) is 0 Å². The molecule has 20 heavy (non-hydrogen) atoms. The summed E-state index contributed by atoms with van der Waals surface area (Å²) in [5.74, 6) is -0.341. The first-order chi connectivity index (χ1) is 9.47. The fourth-order valence-electron chi connectivity index (χ4n) is 3.91. The maximum Gasteiger partial charge on any atom is 0.391 e. The normalized spacial score (nSPS) is 31.8. The summed E-state index contributed by atoms with van der Waals surface area (Å²) in [6.07, 6.45) is 5.88. The van der Waals surface area contributed by atoms with Crippen molar-refractivity contribution < 1.29 is 13.2 Å². The highest BCUT2D eigenvalue weighted by Crippen LogP contribution is 2.37. The monoisotopic (exact) mass is 291 g/mol. The summed E-state index contributed by atoms with van der Waals surface area (Å²) < 4.78 is 37.9. The van der Waals surface area contributed by atoms with Crippen LogP contribution in [-0.2, 0) is 0 Å². The molecule has 0 saturated heterocycles. The molecule has 1 atom stereocenters. The molecule has 2 fully saturated rings. The Balaban J connectivity index is 1.74. The van der Waals surface area contributed by atoms with Gasteiger partial charge in [0.05, 0.1) is 5.92 Å². The predicted octanol–water partition coefficient (Wildman–Crippen LogP) is 5.06. The number of hydrogen-bond acceptors (Lipinski definition) is 1. The van der Waals surface area contributed by atoms with E-state index in [0.29, 0.717) is 37.8 Å².